The molecule has 4 heteroatoms. The Bertz CT molecular complexity index is 402. The topological polar surface area (TPSA) is 47.6 Å². The maximum absolute atomic E-state index is 11.5. The van der Waals surface area contributed by atoms with Crippen molar-refractivity contribution in [3.63, 3.8) is 0 Å². The van der Waals surface area contributed by atoms with Crippen LogP contribution in [0.5, 0.6) is 5.75 Å². The molecule has 1 N–H and O–H groups in total. The maximum Gasteiger partial charge on any atom is 0.411 e. The first-order chi connectivity index (χ1) is 8.56. The zero-order valence-corrected chi connectivity index (χ0v) is 11.4. The van der Waals surface area contributed by atoms with Crippen molar-refractivity contribution >= 4 is 11.8 Å². The molecular weight excluding hydrogens is 230 g/mol. The van der Waals surface area contributed by atoms with Crippen LogP contribution < -0.4 is 10.1 Å². The number of aryl methyl sites for hydroxylation is 1. The summed E-state index contributed by atoms with van der Waals surface area (Å²) in [6.07, 6.45) is 0.291. The molecule has 100 valence electrons. The lowest BCUT2D eigenvalue weighted by molar-refractivity contribution is 0.130. The third kappa shape index (κ3) is 4.28. The van der Waals surface area contributed by atoms with Gasteiger partial charge in [-0.3, -0.25) is 5.32 Å². The zero-order chi connectivity index (χ0) is 13.5. The van der Waals surface area contributed by atoms with Gasteiger partial charge in [-0.25, -0.2) is 4.79 Å². The predicted molar refractivity (Wildman–Crippen MR) is 72.2 cm³/mol. The van der Waals surface area contributed by atoms with Crippen molar-refractivity contribution < 1.29 is 14.3 Å². The average Bonchev–Trinajstić information content (AvgIpc) is 2.30. The van der Waals surface area contributed by atoms with Gasteiger partial charge < -0.3 is 9.47 Å². The molecular formula is C14H21NO3. The largest absolute Gasteiger partial charge is 0.494 e. The molecule has 0 atom stereocenters. The molecule has 1 aromatic rings. The molecule has 0 saturated carbocycles. The van der Waals surface area contributed by atoms with Gasteiger partial charge in [0, 0.05) is 5.69 Å². The minimum absolute atomic E-state index is 0.127. The second-order valence-corrected chi connectivity index (χ2v) is 4.19. The molecule has 1 aromatic carbocycles. The lowest BCUT2D eigenvalue weighted by Crippen LogP contribution is -2.18. The van der Waals surface area contributed by atoms with E-state index in [4.69, 9.17) is 9.47 Å². The Kier molecular flexibility index (Phi) is 5.49. The van der Waals surface area contributed by atoms with Gasteiger partial charge in [-0.1, -0.05) is 6.92 Å². The van der Waals surface area contributed by atoms with E-state index in [9.17, 15) is 4.79 Å². The van der Waals surface area contributed by atoms with Crippen LogP contribution in [0.2, 0.25) is 0 Å². The van der Waals surface area contributed by atoms with Crippen LogP contribution >= 0.6 is 0 Å². The van der Waals surface area contributed by atoms with Crippen molar-refractivity contribution in [2.75, 3.05) is 11.9 Å². The van der Waals surface area contributed by atoms with Gasteiger partial charge in [0.2, 0.25) is 0 Å². The van der Waals surface area contributed by atoms with E-state index >= 15 is 0 Å². The lowest BCUT2D eigenvalue weighted by atomic mass is 10.1. The molecule has 0 fully saturated rings. The van der Waals surface area contributed by atoms with Gasteiger partial charge in [-0.15, -0.1) is 0 Å². The van der Waals surface area contributed by atoms with Crippen molar-refractivity contribution in [1.82, 2.24) is 0 Å². The number of rotatable bonds is 5. The summed E-state index contributed by atoms with van der Waals surface area (Å²) in [5.41, 5.74) is 1.79. The average molecular weight is 251 g/mol. The highest BCUT2D eigenvalue weighted by Gasteiger charge is 2.08. The minimum Gasteiger partial charge on any atom is -0.494 e. The summed E-state index contributed by atoms with van der Waals surface area (Å²) in [6, 6.07) is 5.59. The summed E-state index contributed by atoms with van der Waals surface area (Å²) in [4.78, 5) is 11.5. The Morgan fingerprint density at radius 1 is 1.33 bits per heavy atom. The SMILES string of the molecule is CCOc1ccc(NC(=O)OC(C)C)cc1CC. The van der Waals surface area contributed by atoms with E-state index in [1.165, 1.54) is 0 Å². The van der Waals surface area contributed by atoms with Crippen LogP contribution in [0.4, 0.5) is 10.5 Å². The van der Waals surface area contributed by atoms with Crippen LogP contribution in [0, 0.1) is 0 Å². The van der Waals surface area contributed by atoms with Crippen LogP contribution in [-0.2, 0) is 11.2 Å². The number of benzene rings is 1. The van der Waals surface area contributed by atoms with Crippen molar-refractivity contribution in [2.45, 2.75) is 40.2 Å². The smallest absolute Gasteiger partial charge is 0.411 e. The molecule has 4 nitrogen and oxygen atoms in total. The van der Waals surface area contributed by atoms with Crippen molar-refractivity contribution in [3.05, 3.63) is 23.8 Å². The van der Waals surface area contributed by atoms with E-state index in [2.05, 4.69) is 5.32 Å². The van der Waals surface area contributed by atoms with E-state index in [1.807, 2.05) is 45.9 Å². The number of nitrogens with one attached hydrogen (secondary N) is 1. The van der Waals surface area contributed by atoms with Crippen LogP contribution in [0.25, 0.3) is 0 Å². The molecule has 0 heterocycles. The molecule has 18 heavy (non-hydrogen) atoms. The van der Waals surface area contributed by atoms with Crippen molar-refractivity contribution in [3.8, 4) is 5.75 Å². The summed E-state index contributed by atoms with van der Waals surface area (Å²) in [7, 11) is 0. The number of hydrogen-bond acceptors (Lipinski definition) is 3. The van der Waals surface area contributed by atoms with Gasteiger partial charge in [0.25, 0.3) is 0 Å². The second-order valence-electron chi connectivity index (χ2n) is 4.19. The monoisotopic (exact) mass is 251 g/mol. The van der Waals surface area contributed by atoms with Gasteiger partial charge in [0.1, 0.15) is 5.75 Å². The molecule has 0 aliphatic heterocycles. The fourth-order valence-corrected chi connectivity index (χ4v) is 1.59. The number of anilines is 1. The number of carbonyl (C=O) groups excluding carboxylic acids is 1. The molecule has 0 aliphatic carbocycles. The number of amides is 1. The first-order valence-corrected chi connectivity index (χ1v) is 6.30. The molecule has 1 rings (SSSR count). The lowest BCUT2D eigenvalue weighted by Gasteiger charge is -2.13. The Hall–Kier alpha value is -1.71. The number of hydrogen-bond donors (Lipinski definition) is 1. The van der Waals surface area contributed by atoms with E-state index < -0.39 is 6.09 Å². The Labute approximate surface area is 108 Å². The highest BCUT2D eigenvalue weighted by molar-refractivity contribution is 5.85. The summed E-state index contributed by atoms with van der Waals surface area (Å²) in [6.45, 7) is 8.26. The summed E-state index contributed by atoms with van der Waals surface area (Å²) < 4.78 is 10.5. The van der Waals surface area contributed by atoms with Gasteiger partial charge in [-0.05, 0) is 51.0 Å². The Morgan fingerprint density at radius 2 is 2.06 bits per heavy atom. The second kappa shape index (κ2) is 6.89. The Balaban J connectivity index is 2.76. The molecule has 0 aliphatic rings. The fraction of sp³-hybridized carbons (Fsp3) is 0.500. The van der Waals surface area contributed by atoms with Crippen molar-refractivity contribution in [2.24, 2.45) is 0 Å². The highest BCUT2D eigenvalue weighted by Crippen LogP contribution is 2.23. The van der Waals surface area contributed by atoms with Crippen LogP contribution in [0.1, 0.15) is 33.3 Å². The van der Waals surface area contributed by atoms with Gasteiger partial charge in [-0.2, -0.15) is 0 Å². The van der Waals surface area contributed by atoms with Crippen LogP contribution in [0.3, 0.4) is 0 Å². The molecule has 0 saturated heterocycles. The Morgan fingerprint density at radius 3 is 2.61 bits per heavy atom. The molecule has 0 bridgehead atoms. The first-order valence-electron chi connectivity index (χ1n) is 6.30. The minimum atomic E-state index is -0.434. The summed E-state index contributed by atoms with van der Waals surface area (Å²) in [5, 5.41) is 2.70. The number of carbonyl (C=O) groups is 1. The predicted octanol–water partition coefficient (Wildman–Crippen LogP) is 3.60. The molecule has 0 unspecified atom stereocenters. The molecule has 0 aromatic heterocycles. The van der Waals surface area contributed by atoms with Gasteiger partial charge >= 0.3 is 6.09 Å². The van der Waals surface area contributed by atoms with E-state index in [1.54, 1.807) is 0 Å². The van der Waals surface area contributed by atoms with Gasteiger partial charge in [0.15, 0.2) is 0 Å². The van der Waals surface area contributed by atoms with Gasteiger partial charge in [0.05, 0.1) is 12.7 Å². The third-order valence-electron chi connectivity index (χ3n) is 2.33. The number of ether oxygens (including phenoxy) is 2. The quantitative estimate of drug-likeness (QED) is 0.869. The molecule has 0 spiro atoms. The van der Waals surface area contributed by atoms with E-state index in [0.717, 1.165) is 23.4 Å². The summed E-state index contributed by atoms with van der Waals surface area (Å²) in [5.74, 6) is 0.864. The first kappa shape index (κ1) is 14.4. The molecule has 0 radical (unpaired) electrons. The van der Waals surface area contributed by atoms with Crippen LogP contribution in [-0.4, -0.2) is 18.8 Å². The van der Waals surface area contributed by atoms with Crippen molar-refractivity contribution in [1.29, 1.82) is 0 Å². The summed E-state index contributed by atoms with van der Waals surface area (Å²) >= 11 is 0. The standard InChI is InChI=1S/C14H21NO3/c1-5-11-9-12(7-8-13(11)17-6-2)15-14(16)18-10(3)4/h7-10H,5-6H2,1-4H3,(H,15,16). The van der Waals surface area contributed by atoms with E-state index in [-0.39, 0.29) is 6.10 Å². The fourth-order valence-electron chi connectivity index (χ4n) is 1.59. The molecule has 1 amide bonds. The van der Waals surface area contributed by atoms with Crippen LogP contribution in [0.15, 0.2) is 18.2 Å². The van der Waals surface area contributed by atoms with E-state index in [0.29, 0.717) is 6.61 Å². The third-order valence-corrected chi connectivity index (χ3v) is 2.33. The zero-order valence-electron chi connectivity index (χ0n) is 11.4. The normalized spacial score (nSPS) is 10.3. The maximum atomic E-state index is 11.5. The highest BCUT2D eigenvalue weighted by atomic mass is 16.6.